The Morgan fingerprint density at radius 1 is 1.50 bits per heavy atom. The summed E-state index contributed by atoms with van der Waals surface area (Å²) in [5.41, 5.74) is 4.47. The molecule has 5 heteroatoms. The van der Waals surface area contributed by atoms with Crippen molar-refractivity contribution in [2.24, 2.45) is 5.73 Å². The largest absolute Gasteiger partial charge is 0.388 e. The Kier molecular flexibility index (Phi) is 3.14. The summed E-state index contributed by atoms with van der Waals surface area (Å²) in [6, 6.07) is 3.06. The highest BCUT2D eigenvalue weighted by molar-refractivity contribution is 5.54. The van der Waals surface area contributed by atoms with Crippen molar-refractivity contribution in [2.75, 3.05) is 0 Å². The Morgan fingerprint density at radius 3 is 2.40 bits per heavy atom. The molecular formula is C5H4N4O. The molecule has 50 valence electrons. The van der Waals surface area contributed by atoms with E-state index in [0.29, 0.717) is 0 Å². The molecule has 0 saturated carbocycles. The lowest BCUT2D eigenvalue weighted by Crippen LogP contribution is -2.14. The molecule has 3 N–H and O–H groups in total. The normalized spacial score (nSPS) is 10.2. The van der Waals surface area contributed by atoms with Crippen LogP contribution in [-0.2, 0) is 4.79 Å². The van der Waals surface area contributed by atoms with Crippen LogP contribution < -0.4 is 11.1 Å². The van der Waals surface area contributed by atoms with Gasteiger partial charge in [0.15, 0.2) is 5.70 Å². The highest BCUT2D eigenvalue weighted by Gasteiger charge is 1.97. The van der Waals surface area contributed by atoms with Crippen LogP contribution in [0.5, 0.6) is 0 Å². The van der Waals surface area contributed by atoms with Crippen LogP contribution in [0.1, 0.15) is 0 Å². The van der Waals surface area contributed by atoms with Crippen LogP contribution in [0.4, 0.5) is 0 Å². The molecule has 0 spiro atoms. The van der Waals surface area contributed by atoms with Crippen LogP contribution in [-0.4, -0.2) is 6.41 Å². The van der Waals surface area contributed by atoms with Crippen LogP contribution in [0, 0.1) is 22.7 Å². The van der Waals surface area contributed by atoms with Gasteiger partial charge in [-0.25, -0.2) is 0 Å². The van der Waals surface area contributed by atoms with E-state index in [0.717, 1.165) is 0 Å². The second-order valence-corrected chi connectivity index (χ2v) is 1.27. The molecule has 10 heavy (non-hydrogen) atoms. The fourth-order valence-corrected chi connectivity index (χ4v) is 0.285. The maximum atomic E-state index is 9.73. The van der Waals surface area contributed by atoms with E-state index < -0.39 is 0 Å². The second kappa shape index (κ2) is 3.93. The van der Waals surface area contributed by atoms with Crippen molar-refractivity contribution < 1.29 is 4.79 Å². The topological polar surface area (TPSA) is 103 Å². The Balaban J connectivity index is 4.53. The maximum absolute atomic E-state index is 9.73. The number of nitrogens with two attached hydrogens (primary N) is 1. The fraction of sp³-hybridized carbons (Fsp3) is 0. The van der Waals surface area contributed by atoms with E-state index in [9.17, 15) is 4.79 Å². The van der Waals surface area contributed by atoms with E-state index in [2.05, 4.69) is 0 Å². The molecule has 0 aliphatic heterocycles. The first-order valence-electron chi connectivity index (χ1n) is 2.26. The standard InChI is InChI=1S/C5H4N4O/c6-1-4(8)5(2-7)9-3-10/h3H,8H2,(H,9,10)/b5-4-. The summed E-state index contributed by atoms with van der Waals surface area (Å²) >= 11 is 0. The van der Waals surface area contributed by atoms with Gasteiger partial charge < -0.3 is 11.1 Å². The van der Waals surface area contributed by atoms with Gasteiger partial charge in [-0.2, -0.15) is 10.5 Å². The van der Waals surface area contributed by atoms with Crippen molar-refractivity contribution in [3.05, 3.63) is 11.4 Å². The molecular weight excluding hydrogens is 132 g/mol. The zero-order valence-corrected chi connectivity index (χ0v) is 4.96. The van der Waals surface area contributed by atoms with E-state index in [1.807, 2.05) is 5.32 Å². The van der Waals surface area contributed by atoms with Gasteiger partial charge in [0.05, 0.1) is 0 Å². The second-order valence-electron chi connectivity index (χ2n) is 1.27. The lowest BCUT2D eigenvalue weighted by atomic mass is 10.4. The molecule has 0 aromatic heterocycles. The third-order valence-electron chi connectivity index (χ3n) is 0.705. The number of nitrogens with one attached hydrogen (secondary N) is 1. The number of hydrogen-bond donors (Lipinski definition) is 2. The van der Waals surface area contributed by atoms with E-state index in [1.54, 1.807) is 6.07 Å². The van der Waals surface area contributed by atoms with Crippen molar-refractivity contribution in [1.82, 2.24) is 5.32 Å². The Bertz CT molecular complexity index is 241. The minimum absolute atomic E-state index is 0.225. The van der Waals surface area contributed by atoms with Gasteiger partial charge in [0.1, 0.15) is 17.8 Å². The van der Waals surface area contributed by atoms with Gasteiger partial charge in [0.2, 0.25) is 6.41 Å². The monoisotopic (exact) mass is 136 g/mol. The molecule has 0 heterocycles. The van der Waals surface area contributed by atoms with E-state index in [1.165, 1.54) is 6.07 Å². The summed E-state index contributed by atoms with van der Waals surface area (Å²) in [7, 11) is 0. The van der Waals surface area contributed by atoms with Crippen LogP contribution >= 0.6 is 0 Å². The average Bonchev–Trinajstić information content (AvgIpc) is 1.99. The van der Waals surface area contributed by atoms with Crippen LogP contribution in [0.25, 0.3) is 0 Å². The van der Waals surface area contributed by atoms with Gasteiger partial charge in [-0.3, -0.25) is 4.79 Å². The number of nitriles is 2. The number of carbonyl (C=O) groups excluding carboxylic acids is 1. The highest BCUT2D eigenvalue weighted by atomic mass is 16.1. The molecule has 0 aromatic carbocycles. The minimum Gasteiger partial charge on any atom is -0.388 e. The quantitative estimate of drug-likeness (QED) is 0.373. The summed E-state index contributed by atoms with van der Waals surface area (Å²) in [5, 5.41) is 18.3. The fourth-order valence-electron chi connectivity index (χ4n) is 0.285. The van der Waals surface area contributed by atoms with Crippen molar-refractivity contribution in [1.29, 1.82) is 10.5 Å². The molecule has 0 unspecified atom stereocenters. The Hall–Kier alpha value is -2.01. The molecule has 0 aromatic rings. The summed E-state index contributed by atoms with van der Waals surface area (Å²) < 4.78 is 0. The average molecular weight is 136 g/mol. The summed E-state index contributed by atoms with van der Waals surface area (Å²) in [4.78, 5) is 9.73. The number of allylic oxidation sites excluding steroid dienone is 2. The number of rotatable bonds is 2. The third-order valence-corrected chi connectivity index (χ3v) is 0.705. The molecule has 0 rings (SSSR count). The first kappa shape index (κ1) is 7.99. The molecule has 0 atom stereocenters. The van der Waals surface area contributed by atoms with Gasteiger partial charge in [0.25, 0.3) is 0 Å². The lowest BCUT2D eigenvalue weighted by Gasteiger charge is -1.92. The Morgan fingerprint density at radius 2 is 2.10 bits per heavy atom. The van der Waals surface area contributed by atoms with E-state index in [-0.39, 0.29) is 17.8 Å². The van der Waals surface area contributed by atoms with Crippen LogP contribution in [0.15, 0.2) is 11.4 Å². The van der Waals surface area contributed by atoms with Crippen LogP contribution in [0.2, 0.25) is 0 Å². The minimum atomic E-state index is -0.297. The molecule has 0 bridgehead atoms. The number of carbonyl (C=O) groups is 1. The Labute approximate surface area is 57.3 Å². The maximum Gasteiger partial charge on any atom is 0.212 e. The zero-order chi connectivity index (χ0) is 7.98. The zero-order valence-electron chi connectivity index (χ0n) is 4.96. The molecule has 5 nitrogen and oxygen atoms in total. The van der Waals surface area contributed by atoms with Crippen molar-refractivity contribution in [2.45, 2.75) is 0 Å². The smallest absolute Gasteiger partial charge is 0.212 e. The summed E-state index contributed by atoms with van der Waals surface area (Å²) in [6.45, 7) is 0. The van der Waals surface area contributed by atoms with Crippen molar-refractivity contribution >= 4 is 6.41 Å². The SMILES string of the molecule is N#C/C(N)=C(\C#N)NC=O. The highest BCUT2D eigenvalue weighted by Crippen LogP contribution is 1.88. The molecule has 0 aliphatic carbocycles. The van der Waals surface area contributed by atoms with E-state index >= 15 is 0 Å². The predicted octanol–water partition coefficient (Wildman–Crippen LogP) is -1.05. The molecule has 0 radical (unpaired) electrons. The molecule has 1 amide bonds. The number of amides is 1. The number of hydrogen-bond acceptors (Lipinski definition) is 4. The first-order chi connectivity index (χ1) is 4.76. The summed E-state index contributed by atoms with van der Waals surface area (Å²) in [5.74, 6) is 0. The van der Waals surface area contributed by atoms with Gasteiger partial charge >= 0.3 is 0 Å². The van der Waals surface area contributed by atoms with Gasteiger partial charge in [-0.1, -0.05) is 0 Å². The van der Waals surface area contributed by atoms with Gasteiger partial charge in [-0.15, -0.1) is 0 Å². The van der Waals surface area contributed by atoms with Gasteiger partial charge in [-0.05, 0) is 0 Å². The van der Waals surface area contributed by atoms with E-state index in [4.69, 9.17) is 16.3 Å². The summed E-state index contributed by atoms with van der Waals surface area (Å²) in [6.07, 6.45) is 0.281. The molecule has 0 aliphatic rings. The van der Waals surface area contributed by atoms with Crippen molar-refractivity contribution in [3.63, 3.8) is 0 Å². The lowest BCUT2D eigenvalue weighted by molar-refractivity contribution is -0.108. The van der Waals surface area contributed by atoms with Crippen LogP contribution in [0.3, 0.4) is 0 Å². The molecule has 0 fully saturated rings. The third kappa shape index (κ3) is 1.85. The number of nitrogens with zero attached hydrogens (tertiary/aromatic N) is 2. The molecule has 0 saturated heterocycles. The first-order valence-corrected chi connectivity index (χ1v) is 2.26. The predicted molar refractivity (Wildman–Crippen MR) is 31.6 cm³/mol. The van der Waals surface area contributed by atoms with Crippen molar-refractivity contribution in [3.8, 4) is 12.1 Å². The van der Waals surface area contributed by atoms with Gasteiger partial charge in [0, 0.05) is 0 Å².